The van der Waals surface area contributed by atoms with E-state index in [1.165, 1.54) is 22.3 Å². The highest BCUT2D eigenvalue weighted by molar-refractivity contribution is 5.79. The quantitative estimate of drug-likeness (QED) is 0.893. The first kappa shape index (κ1) is 17.6. The molecule has 2 aromatic carbocycles. The zero-order chi connectivity index (χ0) is 19.0. The molecule has 0 spiro atoms. The maximum atomic E-state index is 12.6. The Hall–Kier alpha value is -2.82. The van der Waals surface area contributed by atoms with E-state index < -0.39 is 5.97 Å². The number of fused-ring (bicyclic) bond motifs is 3. The monoisotopic (exact) mass is 365 g/mol. The maximum absolute atomic E-state index is 12.6. The van der Waals surface area contributed by atoms with Crippen LogP contribution in [0.5, 0.6) is 0 Å². The molecular formula is C22H23NO4. The Balaban J connectivity index is 1.45. The van der Waals surface area contributed by atoms with Gasteiger partial charge in [-0.2, -0.15) is 0 Å². The van der Waals surface area contributed by atoms with Crippen LogP contribution in [0.15, 0.2) is 48.5 Å². The Morgan fingerprint density at radius 1 is 1.07 bits per heavy atom. The Kier molecular flexibility index (Phi) is 4.60. The van der Waals surface area contributed by atoms with E-state index in [0.29, 0.717) is 26.1 Å². The summed E-state index contributed by atoms with van der Waals surface area (Å²) in [4.78, 5) is 25.4. The Labute approximate surface area is 158 Å². The fraction of sp³-hybridized carbons (Fsp3) is 0.364. The molecule has 0 unspecified atom stereocenters. The average Bonchev–Trinajstić information content (AvgIpc) is 2.99. The molecular weight excluding hydrogens is 342 g/mol. The van der Waals surface area contributed by atoms with Crippen LogP contribution >= 0.6 is 0 Å². The number of aliphatic carboxylic acids is 1. The average molecular weight is 365 g/mol. The van der Waals surface area contributed by atoms with Crippen molar-refractivity contribution in [2.75, 3.05) is 19.7 Å². The van der Waals surface area contributed by atoms with Gasteiger partial charge in [0.1, 0.15) is 6.61 Å². The van der Waals surface area contributed by atoms with E-state index in [2.05, 4.69) is 24.3 Å². The molecule has 1 aliphatic carbocycles. The fourth-order valence-corrected chi connectivity index (χ4v) is 4.36. The van der Waals surface area contributed by atoms with Crippen LogP contribution in [0.25, 0.3) is 11.1 Å². The van der Waals surface area contributed by atoms with E-state index in [1.807, 2.05) is 31.2 Å². The molecule has 0 saturated carbocycles. The first-order valence-corrected chi connectivity index (χ1v) is 9.39. The minimum atomic E-state index is -0.783. The van der Waals surface area contributed by atoms with E-state index >= 15 is 0 Å². The number of rotatable bonds is 3. The van der Waals surface area contributed by atoms with Gasteiger partial charge in [0.15, 0.2) is 0 Å². The molecule has 1 N–H and O–H groups in total. The van der Waals surface area contributed by atoms with Crippen molar-refractivity contribution in [1.29, 1.82) is 0 Å². The summed E-state index contributed by atoms with van der Waals surface area (Å²) in [5.41, 5.74) is 4.77. The smallest absolute Gasteiger partial charge is 0.409 e. The highest BCUT2D eigenvalue weighted by Crippen LogP contribution is 2.44. The number of nitrogens with zero attached hydrogens (tertiary/aromatic N) is 1. The number of hydrogen-bond acceptors (Lipinski definition) is 3. The van der Waals surface area contributed by atoms with E-state index in [9.17, 15) is 14.7 Å². The van der Waals surface area contributed by atoms with Gasteiger partial charge in [-0.3, -0.25) is 4.79 Å². The van der Waals surface area contributed by atoms with Gasteiger partial charge in [0, 0.05) is 19.0 Å². The van der Waals surface area contributed by atoms with Crippen LogP contribution in [-0.2, 0) is 9.53 Å². The van der Waals surface area contributed by atoms with Crippen LogP contribution in [0.1, 0.15) is 30.4 Å². The van der Waals surface area contributed by atoms with Gasteiger partial charge in [-0.15, -0.1) is 0 Å². The molecule has 1 amide bonds. The van der Waals surface area contributed by atoms with Gasteiger partial charge in [0.2, 0.25) is 0 Å². The summed E-state index contributed by atoms with van der Waals surface area (Å²) >= 11 is 0. The molecule has 1 heterocycles. The molecule has 2 aliphatic rings. The molecule has 1 fully saturated rings. The van der Waals surface area contributed by atoms with Crippen molar-refractivity contribution in [1.82, 2.24) is 4.90 Å². The number of carbonyl (C=O) groups is 2. The molecule has 27 heavy (non-hydrogen) atoms. The summed E-state index contributed by atoms with van der Waals surface area (Å²) in [5, 5.41) is 9.23. The number of hydrogen-bond donors (Lipinski definition) is 1. The van der Waals surface area contributed by atoms with Crippen molar-refractivity contribution in [2.45, 2.75) is 19.3 Å². The maximum Gasteiger partial charge on any atom is 0.409 e. The lowest BCUT2D eigenvalue weighted by Gasteiger charge is -2.34. The predicted octanol–water partition coefficient (Wildman–Crippen LogP) is 3.98. The van der Waals surface area contributed by atoms with Crippen LogP contribution in [0.4, 0.5) is 4.79 Å². The van der Waals surface area contributed by atoms with Crippen LogP contribution in [-0.4, -0.2) is 41.8 Å². The lowest BCUT2D eigenvalue weighted by Crippen LogP contribution is -2.45. The standard InChI is InChI=1S/C22H23NO4/c1-14-12-23(11-10-15(14)21(24)25)22(26)27-13-20-18-8-4-2-6-16(18)17-7-3-5-9-19(17)20/h2-9,14-15,20H,10-13H2,1H3,(H,24,25)/t14-,15+/m1/s1. The van der Waals surface area contributed by atoms with Gasteiger partial charge in [-0.05, 0) is 34.6 Å². The molecule has 0 radical (unpaired) electrons. The summed E-state index contributed by atoms with van der Waals surface area (Å²) < 4.78 is 5.66. The van der Waals surface area contributed by atoms with Gasteiger partial charge >= 0.3 is 12.1 Å². The summed E-state index contributed by atoms with van der Waals surface area (Å²) in [6, 6.07) is 16.5. The molecule has 0 aromatic heterocycles. The largest absolute Gasteiger partial charge is 0.481 e. The van der Waals surface area contributed by atoms with Crippen LogP contribution < -0.4 is 0 Å². The van der Waals surface area contributed by atoms with Crippen LogP contribution in [0.3, 0.4) is 0 Å². The van der Waals surface area contributed by atoms with Crippen molar-refractivity contribution < 1.29 is 19.4 Å². The van der Waals surface area contributed by atoms with E-state index in [1.54, 1.807) is 4.90 Å². The number of ether oxygens (including phenoxy) is 1. The van der Waals surface area contributed by atoms with Crippen molar-refractivity contribution in [3.63, 3.8) is 0 Å². The SMILES string of the molecule is C[C@@H]1CN(C(=O)OCC2c3ccccc3-c3ccccc32)CC[C@@H]1C(=O)O. The Bertz CT molecular complexity index is 833. The van der Waals surface area contributed by atoms with Gasteiger partial charge in [-0.25, -0.2) is 4.79 Å². The molecule has 5 heteroatoms. The molecule has 2 atom stereocenters. The Morgan fingerprint density at radius 3 is 2.22 bits per heavy atom. The minimum Gasteiger partial charge on any atom is -0.481 e. The molecule has 2 aromatic rings. The zero-order valence-corrected chi connectivity index (χ0v) is 15.3. The highest BCUT2D eigenvalue weighted by Gasteiger charge is 2.34. The molecule has 0 bridgehead atoms. The second-order valence-corrected chi connectivity index (χ2v) is 7.46. The van der Waals surface area contributed by atoms with E-state index in [4.69, 9.17) is 4.74 Å². The molecule has 5 nitrogen and oxygen atoms in total. The van der Waals surface area contributed by atoms with Crippen LogP contribution in [0, 0.1) is 11.8 Å². The van der Waals surface area contributed by atoms with Gasteiger partial charge < -0.3 is 14.7 Å². The second kappa shape index (κ2) is 7.06. The first-order valence-electron chi connectivity index (χ1n) is 9.39. The Morgan fingerprint density at radius 2 is 1.67 bits per heavy atom. The fourth-order valence-electron chi connectivity index (χ4n) is 4.36. The third-order valence-electron chi connectivity index (χ3n) is 5.82. The minimum absolute atomic E-state index is 0.0373. The number of carboxylic acid groups (broad SMARTS) is 1. The second-order valence-electron chi connectivity index (χ2n) is 7.46. The summed E-state index contributed by atoms with van der Waals surface area (Å²) in [6.45, 7) is 3.02. The summed E-state index contributed by atoms with van der Waals surface area (Å²) in [5.74, 6) is -1.20. The van der Waals surface area contributed by atoms with Crippen LogP contribution in [0.2, 0.25) is 0 Å². The summed E-state index contributed by atoms with van der Waals surface area (Å²) in [6.07, 6.45) is 0.119. The van der Waals surface area contributed by atoms with Crippen molar-refractivity contribution >= 4 is 12.1 Å². The third-order valence-corrected chi connectivity index (χ3v) is 5.82. The normalized spacial score (nSPS) is 21.4. The summed E-state index contributed by atoms with van der Waals surface area (Å²) in [7, 11) is 0. The highest BCUT2D eigenvalue weighted by atomic mass is 16.6. The number of carbonyl (C=O) groups excluding carboxylic acids is 1. The van der Waals surface area contributed by atoms with Crippen molar-refractivity contribution in [3.8, 4) is 11.1 Å². The number of benzene rings is 2. The van der Waals surface area contributed by atoms with Crippen molar-refractivity contribution in [3.05, 3.63) is 59.7 Å². The lowest BCUT2D eigenvalue weighted by molar-refractivity contribution is -0.145. The van der Waals surface area contributed by atoms with Gasteiger partial charge in [0.05, 0.1) is 5.92 Å². The number of likely N-dealkylation sites (tertiary alicyclic amines) is 1. The third kappa shape index (κ3) is 3.18. The molecule has 140 valence electrons. The van der Waals surface area contributed by atoms with E-state index in [0.717, 1.165) is 0 Å². The first-order chi connectivity index (χ1) is 13.1. The zero-order valence-electron chi connectivity index (χ0n) is 15.3. The predicted molar refractivity (Wildman–Crippen MR) is 102 cm³/mol. The van der Waals surface area contributed by atoms with Gasteiger partial charge in [-0.1, -0.05) is 55.5 Å². The molecule has 1 aliphatic heterocycles. The van der Waals surface area contributed by atoms with E-state index in [-0.39, 0.29) is 23.8 Å². The number of piperidine rings is 1. The molecule has 1 saturated heterocycles. The van der Waals surface area contributed by atoms with Gasteiger partial charge in [0.25, 0.3) is 0 Å². The number of carboxylic acids is 1. The van der Waals surface area contributed by atoms with Crippen molar-refractivity contribution in [2.24, 2.45) is 11.8 Å². The lowest BCUT2D eigenvalue weighted by atomic mass is 9.87. The molecule has 4 rings (SSSR count). The number of amides is 1. The topological polar surface area (TPSA) is 66.8 Å².